The zero-order valence-electron chi connectivity index (χ0n) is 12.6. The maximum absolute atomic E-state index is 12.0. The summed E-state index contributed by atoms with van der Waals surface area (Å²) in [6.07, 6.45) is 1.12. The van der Waals surface area contributed by atoms with E-state index in [1.165, 1.54) is 5.56 Å². The molecule has 3 heteroatoms. The second-order valence-electron chi connectivity index (χ2n) is 4.95. The van der Waals surface area contributed by atoms with Crippen LogP contribution >= 0.6 is 0 Å². The number of para-hydroxylation sites is 1. The Morgan fingerprint density at radius 2 is 1.81 bits per heavy atom. The molecule has 21 heavy (non-hydrogen) atoms. The van der Waals surface area contributed by atoms with Gasteiger partial charge in [-0.15, -0.1) is 0 Å². The van der Waals surface area contributed by atoms with Crippen LogP contribution in [-0.4, -0.2) is 12.5 Å². The van der Waals surface area contributed by atoms with Gasteiger partial charge in [0.1, 0.15) is 5.75 Å². The molecule has 0 bridgehead atoms. The number of hydrogen-bond donors (Lipinski definition) is 1. The van der Waals surface area contributed by atoms with E-state index in [-0.39, 0.29) is 5.91 Å². The fourth-order valence-corrected chi connectivity index (χ4v) is 2.12. The zero-order valence-corrected chi connectivity index (χ0v) is 12.6. The van der Waals surface area contributed by atoms with Crippen molar-refractivity contribution in [2.45, 2.75) is 26.7 Å². The number of rotatable bonds is 6. The fraction of sp³-hybridized carbons (Fsp3) is 0.278. The summed E-state index contributed by atoms with van der Waals surface area (Å²) in [5.41, 5.74) is 3.08. The lowest BCUT2D eigenvalue weighted by Crippen LogP contribution is -2.12. The van der Waals surface area contributed by atoms with Gasteiger partial charge in [-0.1, -0.05) is 35.9 Å². The molecule has 0 radical (unpaired) electrons. The molecule has 2 aromatic rings. The number of benzene rings is 2. The molecule has 0 aliphatic heterocycles. The minimum atomic E-state index is 0.0187. The molecule has 0 aliphatic carbocycles. The summed E-state index contributed by atoms with van der Waals surface area (Å²) in [6, 6.07) is 15.7. The zero-order chi connectivity index (χ0) is 15.1. The Kier molecular flexibility index (Phi) is 5.38. The third kappa shape index (κ3) is 4.63. The van der Waals surface area contributed by atoms with Crippen LogP contribution < -0.4 is 10.1 Å². The average molecular weight is 283 g/mol. The van der Waals surface area contributed by atoms with Gasteiger partial charge in [0, 0.05) is 12.1 Å². The summed E-state index contributed by atoms with van der Waals surface area (Å²) in [5.74, 6) is 0.883. The van der Waals surface area contributed by atoms with Gasteiger partial charge in [-0.2, -0.15) is 0 Å². The fourth-order valence-electron chi connectivity index (χ4n) is 2.12. The molecule has 110 valence electrons. The molecule has 0 heterocycles. The third-order valence-corrected chi connectivity index (χ3v) is 3.23. The van der Waals surface area contributed by atoms with E-state index in [0.29, 0.717) is 19.4 Å². The number of amides is 1. The van der Waals surface area contributed by atoms with E-state index in [1.54, 1.807) is 0 Å². The van der Waals surface area contributed by atoms with Gasteiger partial charge in [-0.3, -0.25) is 4.79 Å². The van der Waals surface area contributed by atoms with Crippen LogP contribution in [0.15, 0.2) is 48.5 Å². The highest BCUT2D eigenvalue weighted by atomic mass is 16.5. The van der Waals surface area contributed by atoms with Crippen LogP contribution in [0.3, 0.4) is 0 Å². The Bertz CT molecular complexity index is 590. The Labute approximate surface area is 126 Å². The molecular formula is C18H21NO2. The molecule has 0 saturated carbocycles. The van der Waals surface area contributed by atoms with Crippen LogP contribution in [0.5, 0.6) is 5.75 Å². The van der Waals surface area contributed by atoms with Gasteiger partial charge in [0.25, 0.3) is 0 Å². The van der Waals surface area contributed by atoms with Crippen LogP contribution in [0, 0.1) is 6.92 Å². The number of aryl methyl sites for hydroxylation is 2. The average Bonchev–Trinajstić information content (AvgIpc) is 2.49. The van der Waals surface area contributed by atoms with Gasteiger partial charge in [0.15, 0.2) is 0 Å². The maximum Gasteiger partial charge on any atom is 0.224 e. The second kappa shape index (κ2) is 7.48. The van der Waals surface area contributed by atoms with Crippen molar-refractivity contribution in [1.82, 2.24) is 0 Å². The van der Waals surface area contributed by atoms with Gasteiger partial charge in [-0.05, 0) is 44.0 Å². The smallest absolute Gasteiger partial charge is 0.224 e. The standard InChI is InChI=1S/C18H21NO2/c1-3-21-17-7-5-4-6-15(17)10-13-18(20)19-16-11-8-14(2)9-12-16/h4-9,11-12H,3,10,13H2,1-2H3,(H,19,20). The minimum absolute atomic E-state index is 0.0187. The van der Waals surface area contributed by atoms with E-state index in [9.17, 15) is 4.79 Å². The molecule has 3 nitrogen and oxygen atoms in total. The molecular weight excluding hydrogens is 262 g/mol. The highest BCUT2D eigenvalue weighted by Crippen LogP contribution is 2.19. The topological polar surface area (TPSA) is 38.3 Å². The van der Waals surface area contributed by atoms with Crippen LogP contribution in [0.1, 0.15) is 24.5 Å². The summed E-state index contributed by atoms with van der Waals surface area (Å²) in [6.45, 7) is 4.61. The highest BCUT2D eigenvalue weighted by Gasteiger charge is 2.07. The van der Waals surface area contributed by atoms with Crippen molar-refractivity contribution < 1.29 is 9.53 Å². The molecule has 1 N–H and O–H groups in total. The lowest BCUT2D eigenvalue weighted by atomic mass is 10.1. The largest absolute Gasteiger partial charge is 0.494 e. The third-order valence-electron chi connectivity index (χ3n) is 3.23. The molecule has 0 fully saturated rings. The first-order chi connectivity index (χ1) is 10.2. The lowest BCUT2D eigenvalue weighted by molar-refractivity contribution is -0.116. The van der Waals surface area contributed by atoms with E-state index < -0.39 is 0 Å². The van der Waals surface area contributed by atoms with Crippen molar-refractivity contribution in [2.75, 3.05) is 11.9 Å². The van der Waals surface area contributed by atoms with Crippen molar-refractivity contribution in [3.05, 3.63) is 59.7 Å². The van der Waals surface area contributed by atoms with E-state index in [4.69, 9.17) is 4.74 Å². The lowest BCUT2D eigenvalue weighted by Gasteiger charge is -2.10. The van der Waals surface area contributed by atoms with E-state index in [2.05, 4.69) is 5.32 Å². The molecule has 2 rings (SSSR count). The molecule has 0 spiro atoms. The summed E-state index contributed by atoms with van der Waals surface area (Å²) in [5, 5.41) is 2.91. The summed E-state index contributed by atoms with van der Waals surface area (Å²) in [7, 11) is 0. The Balaban J connectivity index is 1.90. The Morgan fingerprint density at radius 1 is 1.10 bits per heavy atom. The predicted octanol–water partition coefficient (Wildman–Crippen LogP) is 3.97. The first-order valence-electron chi connectivity index (χ1n) is 7.26. The normalized spacial score (nSPS) is 10.2. The first kappa shape index (κ1) is 15.1. The van der Waals surface area contributed by atoms with Gasteiger partial charge in [0.05, 0.1) is 6.61 Å². The van der Waals surface area contributed by atoms with Crippen molar-refractivity contribution in [1.29, 1.82) is 0 Å². The summed E-state index contributed by atoms with van der Waals surface area (Å²) >= 11 is 0. The van der Waals surface area contributed by atoms with Crippen LogP contribution in [0.2, 0.25) is 0 Å². The van der Waals surface area contributed by atoms with E-state index in [1.807, 2.05) is 62.4 Å². The molecule has 0 atom stereocenters. The number of carbonyl (C=O) groups excluding carboxylic acids is 1. The monoisotopic (exact) mass is 283 g/mol. The maximum atomic E-state index is 12.0. The number of ether oxygens (including phenoxy) is 1. The van der Waals surface area contributed by atoms with Crippen LogP contribution in [-0.2, 0) is 11.2 Å². The van der Waals surface area contributed by atoms with Gasteiger partial charge >= 0.3 is 0 Å². The van der Waals surface area contributed by atoms with Crippen molar-refractivity contribution in [2.24, 2.45) is 0 Å². The second-order valence-corrected chi connectivity index (χ2v) is 4.95. The SMILES string of the molecule is CCOc1ccccc1CCC(=O)Nc1ccc(C)cc1. The number of nitrogens with one attached hydrogen (secondary N) is 1. The molecule has 0 aromatic heterocycles. The quantitative estimate of drug-likeness (QED) is 0.871. The van der Waals surface area contributed by atoms with Crippen molar-refractivity contribution in [3.63, 3.8) is 0 Å². The predicted molar refractivity (Wildman–Crippen MR) is 85.7 cm³/mol. The van der Waals surface area contributed by atoms with Gasteiger partial charge in [0.2, 0.25) is 5.91 Å². The Morgan fingerprint density at radius 3 is 2.52 bits per heavy atom. The number of anilines is 1. The molecule has 0 saturated heterocycles. The van der Waals surface area contributed by atoms with Gasteiger partial charge < -0.3 is 10.1 Å². The molecule has 1 amide bonds. The molecule has 0 aliphatic rings. The van der Waals surface area contributed by atoms with Crippen LogP contribution in [0.25, 0.3) is 0 Å². The minimum Gasteiger partial charge on any atom is -0.494 e. The van der Waals surface area contributed by atoms with Crippen molar-refractivity contribution >= 4 is 11.6 Å². The number of hydrogen-bond acceptors (Lipinski definition) is 2. The highest BCUT2D eigenvalue weighted by molar-refractivity contribution is 5.90. The molecule has 2 aromatic carbocycles. The van der Waals surface area contributed by atoms with E-state index in [0.717, 1.165) is 17.0 Å². The van der Waals surface area contributed by atoms with Crippen LogP contribution in [0.4, 0.5) is 5.69 Å². The van der Waals surface area contributed by atoms with Gasteiger partial charge in [-0.25, -0.2) is 0 Å². The Hall–Kier alpha value is -2.29. The van der Waals surface area contributed by atoms with E-state index >= 15 is 0 Å². The summed E-state index contributed by atoms with van der Waals surface area (Å²) < 4.78 is 5.57. The number of carbonyl (C=O) groups is 1. The van der Waals surface area contributed by atoms with Crippen molar-refractivity contribution in [3.8, 4) is 5.75 Å². The molecule has 0 unspecified atom stereocenters. The summed E-state index contributed by atoms with van der Waals surface area (Å²) in [4.78, 5) is 12.0. The first-order valence-corrected chi connectivity index (χ1v) is 7.26.